The van der Waals surface area contributed by atoms with E-state index in [-0.39, 0.29) is 18.1 Å². The van der Waals surface area contributed by atoms with Gasteiger partial charge in [0, 0.05) is 26.7 Å². The maximum absolute atomic E-state index is 13.9. The molecule has 0 amide bonds. The lowest BCUT2D eigenvalue weighted by molar-refractivity contribution is 0.284. The molecule has 0 unspecified atom stereocenters. The SMILES string of the molecule is COc1cc(C)c(-c2nc3ccccc3c(=O)n2N=Cc2cc(Cl)cc(OC)c2OCc2ccc(Br)cc2)cc1C(C)C. The molecule has 0 aliphatic carbocycles. The third-order valence-electron chi connectivity index (χ3n) is 7.07. The van der Waals surface area contributed by atoms with Crippen LogP contribution in [0.5, 0.6) is 17.2 Å². The van der Waals surface area contributed by atoms with Gasteiger partial charge in [0.1, 0.15) is 12.4 Å². The first-order valence-electron chi connectivity index (χ1n) is 13.7. The van der Waals surface area contributed by atoms with Gasteiger partial charge in [-0.25, -0.2) is 4.98 Å². The van der Waals surface area contributed by atoms with E-state index in [1.165, 1.54) is 4.68 Å². The van der Waals surface area contributed by atoms with Crippen LogP contribution in [0.25, 0.3) is 22.3 Å². The quantitative estimate of drug-likeness (QED) is 0.149. The zero-order valence-electron chi connectivity index (χ0n) is 24.5. The average Bonchev–Trinajstić information content (AvgIpc) is 3.00. The molecule has 0 radical (unpaired) electrons. The van der Waals surface area contributed by atoms with Crippen LogP contribution in [0.2, 0.25) is 5.02 Å². The molecule has 1 heterocycles. The average molecular weight is 661 g/mol. The maximum atomic E-state index is 13.9. The topological polar surface area (TPSA) is 74.9 Å². The van der Waals surface area contributed by atoms with Crippen LogP contribution >= 0.6 is 27.5 Å². The summed E-state index contributed by atoms with van der Waals surface area (Å²) in [6, 6.07) is 22.5. The number of hydrogen-bond acceptors (Lipinski definition) is 6. The van der Waals surface area contributed by atoms with Crippen LogP contribution in [0.15, 0.2) is 87.2 Å². The van der Waals surface area contributed by atoms with Crippen LogP contribution in [0, 0.1) is 6.92 Å². The van der Waals surface area contributed by atoms with Gasteiger partial charge < -0.3 is 14.2 Å². The summed E-state index contributed by atoms with van der Waals surface area (Å²) in [6.45, 7) is 6.45. The van der Waals surface area contributed by atoms with E-state index in [4.69, 9.17) is 30.8 Å². The molecule has 5 rings (SSSR count). The van der Waals surface area contributed by atoms with Crippen molar-refractivity contribution in [1.82, 2.24) is 9.66 Å². The minimum Gasteiger partial charge on any atom is -0.496 e. The van der Waals surface area contributed by atoms with Crippen LogP contribution in [-0.2, 0) is 6.61 Å². The fraction of sp³-hybridized carbons (Fsp3) is 0.206. The molecule has 0 N–H and O–H groups in total. The van der Waals surface area contributed by atoms with Crippen molar-refractivity contribution >= 4 is 44.6 Å². The number of halogens is 2. The Morgan fingerprint density at radius 2 is 1.72 bits per heavy atom. The molecular formula is C34H31BrClN3O4. The number of para-hydroxylation sites is 1. The Morgan fingerprint density at radius 3 is 2.42 bits per heavy atom. The Bertz CT molecular complexity index is 1880. The van der Waals surface area contributed by atoms with E-state index < -0.39 is 0 Å². The van der Waals surface area contributed by atoms with Gasteiger partial charge in [-0.1, -0.05) is 65.6 Å². The predicted molar refractivity (Wildman–Crippen MR) is 176 cm³/mol. The standard InChI is InChI=1S/C34H31BrClN3O4/c1-20(2)27-17-28(21(3)14-30(27)41-4)33-38-29-9-7-6-8-26(29)34(40)39(33)37-18-23-15-25(36)16-31(42-5)32(23)43-19-22-10-12-24(35)13-11-22/h6-18,20H,19H2,1-5H3. The van der Waals surface area contributed by atoms with Gasteiger partial charge in [-0.05, 0) is 72.0 Å². The van der Waals surface area contributed by atoms with Crippen molar-refractivity contribution in [1.29, 1.82) is 0 Å². The van der Waals surface area contributed by atoms with E-state index in [1.54, 1.807) is 38.6 Å². The minimum atomic E-state index is -0.301. The molecule has 4 aromatic carbocycles. The summed E-state index contributed by atoms with van der Waals surface area (Å²) >= 11 is 9.92. The molecule has 0 saturated heterocycles. The van der Waals surface area contributed by atoms with Crippen LogP contribution < -0.4 is 19.8 Å². The van der Waals surface area contributed by atoms with E-state index in [0.717, 1.165) is 32.5 Å². The summed E-state index contributed by atoms with van der Waals surface area (Å²) in [5, 5.41) is 5.58. The van der Waals surface area contributed by atoms with Crippen molar-refractivity contribution < 1.29 is 14.2 Å². The lowest BCUT2D eigenvalue weighted by Gasteiger charge is -2.17. The predicted octanol–water partition coefficient (Wildman–Crippen LogP) is 8.39. The van der Waals surface area contributed by atoms with Gasteiger partial charge >= 0.3 is 0 Å². The summed E-state index contributed by atoms with van der Waals surface area (Å²) in [4.78, 5) is 18.8. The highest BCUT2D eigenvalue weighted by Gasteiger charge is 2.19. The van der Waals surface area contributed by atoms with Crippen LogP contribution in [0.3, 0.4) is 0 Å². The number of hydrogen-bond donors (Lipinski definition) is 0. The van der Waals surface area contributed by atoms with Gasteiger partial charge in [0.05, 0.1) is 31.3 Å². The zero-order valence-corrected chi connectivity index (χ0v) is 26.9. The van der Waals surface area contributed by atoms with Crippen molar-refractivity contribution in [2.75, 3.05) is 14.2 Å². The molecule has 43 heavy (non-hydrogen) atoms. The highest BCUT2D eigenvalue weighted by molar-refractivity contribution is 9.10. The smallest absolute Gasteiger partial charge is 0.282 e. The Kier molecular flexibility index (Phi) is 9.18. The number of aryl methyl sites for hydroxylation is 1. The van der Waals surface area contributed by atoms with Crippen LogP contribution in [-0.4, -0.2) is 30.1 Å². The minimum absolute atomic E-state index is 0.183. The first-order chi connectivity index (χ1) is 20.7. The molecule has 5 aromatic rings. The highest BCUT2D eigenvalue weighted by atomic mass is 79.9. The number of nitrogens with zero attached hydrogens (tertiary/aromatic N) is 3. The first-order valence-corrected chi connectivity index (χ1v) is 14.9. The van der Waals surface area contributed by atoms with Gasteiger partial charge in [0.25, 0.3) is 5.56 Å². The van der Waals surface area contributed by atoms with Crippen molar-refractivity contribution in [2.45, 2.75) is 33.3 Å². The molecule has 0 bridgehead atoms. The van der Waals surface area contributed by atoms with Crippen molar-refractivity contribution in [3.8, 4) is 28.6 Å². The molecule has 9 heteroatoms. The van der Waals surface area contributed by atoms with E-state index in [1.807, 2.05) is 61.5 Å². The molecule has 220 valence electrons. The normalized spacial score (nSPS) is 11.4. The van der Waals surface area contributed by atoms with Gasteiger partial charge in [0.2, 0.25) is 0 Å². The Morgan fingerprint density at radius 1 is 1.00 bits per heavy atom. The summed E-state index contributed by atoms with van der Waals surface area (Å²) in [7, 11) is 3.21. The summed E-state index contributed by atoms with van der Waals surface area (Å²) < 4.78 is 19.8. The van der Waals surface area contributed by atoms with E-state index >= 15 is 0 Å². The molecule has 7 nitrogen and oxygen atoms in total. The highest BCUT2D eigenvalue weighted by Crippen LogP contribution is 2.36. The van der Waals surface area contributed by atoms with Gasteiger partial charge in [-0.15, -0.1) is 0 Å². The van der Waals surface area contributed by atoms with Crippen molar-refractivity contribution in [3.63, 3.8) is 0 Å². The Labute approximate surface area is 263 Å². The van der Waals surface area contributed by atoms with E-state index in [9.17, 15) is 4.79 Å². The third-order valence-corrected chi connectivity index (χ3v) is 7.82. The second-order valence-corrected chi connectivity index (χ2v) is 11.7. The maximum Gasteiger partial charge on any atom is 0.282 e. The van der Waals surface area contributed by atoms with Crippen LogP contribution in [0.4, 0.5) is 0 Å². The Hall–Kier alpha value is -4.14. The summed E-state index contributed by atoms with van der Waals surface area (Å²) in [5.74, 6) is 2.27. The van der Waals surface area contributed by atoms with Gasteiger partial charge in [-0.3, -0.25) is 4.79 Å². The van der Waals surface area contributed by atoms with Gasteiger partial charge in [0.15, 0.2) is 17.3 Å². The summed E-state index contributed by atoms with van der Waals surface area (Å²) in [6.07, 6.45) is 1.55. The molecule has 0 aliphatic heterocycles. The number of fused-ring (bicyclic) bond motifs is 1. The second-order valence-electron chi connectivity index (χ2n) is 10.3. The molecular weight excluding hydrogens is 630 g/mol. The monoisotopic (exact) mass is 659 g/mol. The summed E-state index contributed by atoms with van der Waals surface area (Å²) in [5.41, 5.74) is 4.47. The fourth-order valence-corrected chi connectivity index (χ4v) is 5.30. The van der Waals surface area contributed by atoms with Crippen molar-refractivity contribution in [2.24, 2.45) is 5.10 Å². The zero-order chi connectivity index (χ0) is 30.7. The fourth-order valence-electron chi connectivity index (χ4n) is 4.82. The largest absolute Gasteiger partial charge is 0.496 e. The molecule has 0 atom stereocenters. The number of benzene rings is 4. The van der Waals surface area contributed by atoms with E-state index in [0.29, 0.717) is 38.8 Å². The number of ether oxygens (including phenoxy) is 3. The molecule has 1 aromatic heterocycles. The lowest BCUT2D eigenvalue weighted by atomic mass is 9.96. The second kappa shape index (κ2) is 13.0. The molecule has 0 saturated carbocycles. The molecule has 0 spiro atoms. The molecule has 0 fully saturated rings. The number of rotatable bonds is 9. The van der Waals surface area contributed by atoms with Crippen molar-refractivity contribution in [3.05, 3.63) is 115 Å². The first kappa shape index (κ1) is 30.3. The molecule has 0 aliphatic rings. The van der Waals surface area contributed by atoms with E-state index in [2.05, 4.69) is 34.9 Å². The number of aromatic nitrogens is 2. The van der Waals surface area contributed by atoms with Gasteiger partial charge in [-0.2, -0.15) is 9.78 Å². The van der Waals surface area contributed by atoms with Crippen LogP contribution in [0.1, 0.15) is 42.0 Å². The Balaban J connectivity index is 1.67. The third kappa shape index (κ3) is 6.45. The number of methoxy groups -OCH3 is 2. The lowest BCUT2D eigenvalue weighted by Crippen LogP contribution is -2.21.